The van der Waals surface area contributed by atoms with Crippen LogP contribution in [0.2, 0.25) is 0 Å². The first kappa shape index (κ1) is 12.1. The Balaban J connectivity index is 2.66. The van der Waals surface area contributed by atoms with E-state index in [2.05, 4.69) is 26.0 Å². The highest BCUT2D eigenvalue weighted by molar-refractivity contribution is 5.36. The Morgan fingerprint density at radius 2 is 2.13 bits per heavy atom. The van der Waals surface area contributed by atoms with Crippen molar-refractivity contribution in [3.8, 4) is 5.75 Å². The average Bonchev–Trinajstić information content (AvgIpc) is 2.18. The third-order valence-corrected chi connectivity index (χ3v) is 2.62. The van der Waals surface area contributed by atoms with E-state index >= 15 is 0 Å². The number of benzene rings is 1. The fourth-order valence-corrected chi connectivity index (χ4v) is 1.84. The van der Waals surface area contributed by atoms with Gasteiger partial charge in [0.25, 0.3) is 0 Å². The molecule has 1 aromatic carbocycles. The Morgan fingerprint density at radius 3 is 2.67 bits per heavy atom. The highest BCUT2D eigenvalue weighted by Gasteiger charge is 2.05. The Hall–Kier alpha value is -1.02. The van der Waals surface area contributed by atoms with Crippen LogP contribution in [-0.4, -0.2) is 13.2 Å². The lowest BCUT2D eigenvalue weighted by atomic mass is 10.0. The number of aryl methyl sites for hydroxylation is 1. The molecule has 0 aliphatic carbocycles. The quantitative estimate of drug-likeness (QED) is 0.805. The minimum Gasteiger partial charge on any atom is -0.496 e. The zero-order valence-electron chi connectivity index (χ0n) is 9.92. The maximum Gasteiger partial charge on any atom is 0.121 e. The molecule has 84 valence electrons. The Bertz CT molecular complexity index is 309. The summed E-state index contributed by atoms with van der Waals surface area (Å²) in [6, 6.07) is 6.56. The van der Waals surface area contributed by atoms with E-state index in [1.54, 1.807) is 7.11 Å². The Labute approximate surface area is 92.4 Å². The van der Waals surface area contributed by atoms with Crippen LogP contribution in [0.15, 0.2) is 18.2 Å². The number of methoxy groups -OCH3 is 1. The summed E-state index contributed by atoms with van der Waals surface area (Å²) in [4.78, 5) is 0. The maximum absolute atomic E-state index is 6.01. The molecule has 2 N–H and O–H groups in total. The molecule has 1 rings (SSSR count). The number of nitrogens with two attached hydrogens (primary N) is 1. The first-order chi connectivity index (χ1) is 7.17. The van der Waals surface area contributed by atoms with Crippen molar-refractivity contribution >= 4 is 0 Å². The van der Waals surface area contributed by atoms with Gasteiger partial charge in [-0.15, -0.1) is 0 Å². The summed E-state index contributed by atoms with van der Waals surface area (Å²) in [7, 11) is 1.70. The molecule has 0 aliphatic heterocycles. The van der Waals surface area contributed by atoms with Crippen LogP contribution in [0, 0.1) is 6.92 Å². The molecular weight excluding hydrogens is 186 g/mol. The lowest BCUT2D eigenvalue weighted by Gasteiger charge is -2.12. The van der Waals surface area contributed by atoms with Crippen LogP contribution in [0.25, 0.3) is 0 Å². The third kappa shape index (κ3) is 3.56. The van der Waals surface area contributed by atoms with Crippen molar-refractivity contribution in [2.24, 2.45) is 5.73 Å². The first-order valence-electron chi connectivity index (χ1n) is 5.56. The molecule has 0 bridgehead atoms. The summed E-state index contributed by atoms with van der Waals surface area (Å²) in [6.07, 6.45) is 3.19. The Kier molecular flexibility index (Phi) is 4.63. The van der Waals surface area contributed by atoms with E-state index in [9.17, 15) is 0 Å². The molecule has 0 aliphatic rings. The second-order valence-electron chi connectivity index (χ2n) is 4.06. The topological polar surface area (TPSA) is 35.2 Å². The molecule has 0 spiro atoms. The van der Waals surface area contributed by atoms with Gasteiger partial charge in [-0.3, -0.25) is 0 Å². The predicted molar refractivity (Wildman–Crippen MR) is 64.3 cm³/mol. The zero-order valence-corrected chi connectivity index (χ0v) is 9.92. The molecule has 0 amide bonds. The van der Waals surface area contributed by atoms with Gasteiger partial charge >= 0.3 is 0 Å². The molecule has 2 heteroatoms. The summed E-state index contributed by atoms with van der Waals surface area (Å²) in [5.41, 5.74) is 8.49. The minimum atomic E-state index is 0.280. The van der Waals surface area contributed by atoms with Crippen molar-refractivity contribution < 1.29 is 4.74 Å². The smallest absolute Gasteiger partial charge is 0.121 e. The summed E-state index contributed by atoms with van der Waals surface area (Å²) < 4.78 is 5.22. The van der Waals surface area contributed by atoms with Crippen molar-refractivity contribution in [2.75, 3.05) is 7.11 Å². The maximum atomic E-state index is 6.01. The van der Waals surface area contributed by atoms with Gasteiger partial charge in [-0.25, -0.2) is 0 Å². The normalized spacial score (nSPS) is 12.5. The third-order valence-electron chi connectivity index (χ3n) is 2.62. The van der Waals surface area contributed by atoms with Gasteiger partial charge in [-0.1, -0.05) is 25.5 Å². The number of hydrogen-bond acceptors (Lipinski definition) is 2. The summed E-state index contributed by atoms with van der Waals surface area (Å²) >= 11 is 0. The van der Waals surface area contributed by atoms with Crippen LogP contribution >= 0.6 is 0 Å². The molecule has 0 heterocycles. The summed E-state index contributed by atoms with van der Waals surface area (Å²) in [5, 5.41) is 0. The highest BCUT2D eigenvalue weighted by Crippen LogP contribution is 2.19. The van der Waals surface area contributed by atoms with Crippen molar-refractivity contribution in [1.29, 1.82) is 0 Å². The van der Waals surface area contributed by atoms with Gasteiger partial charge in [0, 0.05) is 6.04 Å². The molecule has 0 saturated carbocycles. The standard InChI is InChI=1S/C13H21NO/c1-4-5-12(14)9-11-6-7-13(15-3)10(2)8-11/h6-8,12H,4-5,9,14H2,1-3H3. The van der Waals surface area contributed by atoms with Crippen molar-refractivity contribution in [2.45, 2.75) is 39.2 Å². The molecule has 1 atom stereocenters. The number of hydrogen-bond donors (Lipinski definition) is 1. The van der Waals surface area contributed by atoms with E-state index < -0.39 is 0 Å². The van der Waals surface area contributed by atoms with Crippen LogP contribution in [-0.2, 0) is 6.42 Å². The SMILES string of the molecule is CCCC(N)Cc1ccc(OC)c(C)c1. The predicted octanol–water partition coefficient (Wildman–Crippen LogP) is 2.67. The molecule has 0 fully saturated rings. The largest absolute Gasteiger partial charge is 0.496 e. The Morgan fingerprint density at radius 1 is 1.40 bits per heavy atom. The summed E-state index contributed by atoms with van der Waals surface area (Å²) in [6.45, 7) is 4.23. The van der Waals surface area contributed by atoms with Gasteiger partial charge in [0.15, 0.2) is 0 Å². The lowest BCUT2D eigenvalue weighted by molar-refractivity contribution is 0.411. The van der Waals surface area contributed by atoms with Gasteiger partial charge < -0.3 is 10.5 Å². The first-order valence-corrected chi connectivity index (χ1v) is 5.56. The van der Waals surface area contributed by atoms with Gasteiger partial charge in [-0.05, 0) is 37.0 Å². The highest BCUT2D eigenvalue weighted by atomic mass is 16.5. The number of rotatable bonds is 5. The summed E-state index contributed by atoms with van der Waals surface area (Å²) in [5.74, 6) is 0.947. The van der Waals surface area contributed by atoms with Crippen LogP contribution in [0.1, 0.15) is 30.9 Å². The van der Waals surface area contributed by atoms with Gasteiger partial charge in [0.1, 0.15) is 5.75 Å². The molecule has 1 aromatic rings. The molecule has 1 unspecified atom stereocenters. The number of ether oxygens (including phenoxy) is 1. The van der Waals surface area contributed by atoms with Crippen LogP contribution in [0.4, 0.5) is 0 Å². The second-order valence-corrected chi connectivity index (χ2v) is 4.06. The molecule has 15 heavy (non-hydrogen) atoms. The van der Waals surface area contributed by atoms with E-state index in [-0.39, 0.29) is 6.04 Å². The van der Waals surface area contributed by atoms with Crippen molar-refractivity contribution in [3.05, 3.63) is 29.3 Å². The van der Waals surface area contributed by atoms with E-state index in [0.717, 1.165) is 25.0 Å². The minimum absolute atomic E-state index is 0.280. The molecule has 2 nitrogen and oxygen atoms in total. The van der Waals surface area contributed by atoms with Crippen LogP contribution in [0.5, 0.6) is 5.75 Å². The van der Waals surface area contributed by atoms with E-state index in [1.807, 2.05) is 6.07 Å². The zero-order chi connectivity index (χ0) is 11.3. The van der Waals surface area contributed by atoms with E-state index in [1.165, 1.54) is 11.1 Å². The lowest BCUT2D eigenvalue weighted by Crippen LogP contribution is -2.22. The van der Waals surface area contributed by atoms with Gasteiger partial charge in [0.05, 0.1) is 7.11 Å². The van der Waals surface area contributed by atoms with Crippen LogP contribution in [0.3, 0.4) is 0 Å². The monoisotopic (exact) mass is 207 g/mol. The molecule has 0 radical (unpaired) electrons. The van der Waals surface area contributed by atoms with Gasteiger partial charge in [0.2, 0.25) is 0 Å². The van der Waals surface area contributed by atoms with Crippen LogP contribution < -0.4 is 10.5 Å². The fraction of sp³-hybridized carbons (Fsp3) is 0.538. The van der Waals surface area contributed by atoms with Crippen molar-refractivity contribution in [3.63, 3.8) is 0 Å². The van der Waals surface area contributed by atoms with E-state index in [0.29, 0.717) is 0 Å². The molecule has 0 aromatic heterocycles. The molecular formula is C13H21NO. The second kappa shape index (κ2) is 5.76. The average molecular weight is 207 g/mol. The molecule has 0 saturated heterocycles. The van der Waals surface area contributed by atoms with E-state index in [4.69, 9.17) is 10.5 Å². The fourth-order valence-electron chi connectivity index (χ4n) is 1.84. The van der Waals surface area contributed by atoms with Crippen molar-refractivity contribution in [1.82, 2.24) is 0 Å². The van der Waals surface area contributed by atoms with Gasteiger partial charge in [-0.2, -0.15) is 0 Å².